The van der Waals surface area contributed by atoms with E-state index in [0.29, 0.717) is 52.0 Å². The number of nitrogens with one attached hydrogen (secondary N) is 1. The van der Waals surface area contributed by atoms with Crippen LogP contribution in [0.5, 0.6) is 17.2 Å². The summed E-state index contributed by atoms with van der Waals surface area (Å²) < 4.78 is 30.4. The average molecular weight is 490 g/mol. The predicted molar refractivity (Wildman–Crippen MR) is 134 cm³/mol. The van der Waals surface area contributed by atoms with Crippen LogP contribution in [0.25, 0.3) is 22.4 Å². The largest absolute Gasteiger partial charge is 0.493 e. The predicted octanol–water partition coefficient (Wildman–Crippen LogP) is 4.57. The lowest BCUT2D eigenvalue weighted by molar-refractivity contribution is 0.324. The molecular weight excluding hydrogens is 461 g/mol. The van der Waals surface area contributed by atoms with Crippen molar-refractivity contribution in [1.29, 1.82) is 0 Å². The average Bonchev–Trinajstić information content (AvgIpc) is 2.82. The van der Waals surface area contributed by atoms with Crippen molar-refractivity contribution in [3.63, 3.8) is 0 Å². The van der Waals surface area contributed by atoms with Crippen LogP contribution in [0.15, 0.2) is 30.3 Å². The molecule has 34 heavy (non-hydrogen) atoms. The summed E-state index contributed by atoms with van der Waals surface area (Å²) in [6.45, 7) is 1.54. The van der Waals surface area contributed by atoms with E-state index in [0.717, 1.165) is 13.0 Å². The van der Waals surface area contributed by atoms with Crippen LogP contribution in [0.4, 0.5) is 16.2 Å². The van der Waals surface area contributed by atoms with E-state index in [1.165, 1.54) is 19.2 Å². The fourth-order valence-electron chi connectivity index (χ4n) is 3.56. The molecule has 0 atom stereocenters. The Balaban J connectivity index is 2.24. The zero-order valence-corrected chi connectivity index (χ0v) is 20.7. The number of methoxy groups -OCH3 is 3. The molecule has 0 unspecified atom stereocenters. The first kappa shape index (κ1) is 25.3. The molecular formula is C24H29ClFN5O3. The second kappa shape index (κ2) is 11.2. The fourth-order valence-corrected chi connectivity index (χ4v) is 3.74. The maximum absolute atomic E-state index is 13.9. The van der Waals surface area contributed by atoms with Crippen molar-refractivity contribution in [2.75, 3.05) is 59.6 Å². The van der Waals surface area contributed by atoms with E-state index in [-0.39, 0.29) is 11.0 Å². The first-order valence-corrected chi connectivity index (χ1v) is 11.0. The van der Waals surface area contributed by atoms with Gasteiger partial charge in [-0.1, -0.05) is 11.6 Å². The van der Waals surface area contributed by atoms with Crippen molar-refractivity contribution in [1.82, 2.24) is 14.9 Å². The first-order valence-electron chi connectivity index (χ1n) is 10.6. The van der Waals surface area contributed by atoms with Gasteiger partial charge in [-0.3, -0.25) is 0 Å². The molecule has 0 amide bonds. The van der Waals surface area contributed by atoms with Gasteiger partial charge in [0.15, 0.2) is 11.5 Å². The third-order valence-electron chi connectivity index (χ3n) is 5.15. The zero-order valence-electron chi connectivity index (χ0n) is 19.9. The molecule has 0 aliphatic rings. The van der Waals surface area contributed by atoms with Crippen molar-refractivity contribution in [3.05, 3.63) is 41.2 Å². The Morgan fingerprint density at radius 1 is 1.00 bits per heavy atom. The minimum atomic E-state index is -0.524. The summed E-state index contributed by atoms with van der Waals surface area (Å²) in [5, 5.41) is 3.35. The highest BCUT2D eigenvalue weighted by molar-refractivity contribution is 6.31. The SMILES string of the molecule is COc1cc(-c2c(NCCCN(C)C)nc(N)nc2-c2ccc(F)c(Cl)c2)cc(OC)c1OC. The van der Waals surface area contributed by atoms with Crippen LogP contribution < -0.4 is 25.3 Å². The van der Waals surface area contributed by atoms with Gasteiger partial charge in [-0.2, -0.15) is 4.98 Å². The van der Waals surface area contributed by atoms with Gasteiger partial charge in [-0.05, 0) is 63.0 Å². The molecule has 0 bridgehead atoms. The van der Waals surface area contributed by atoms with Crippen molar-refractivity contribution < 1.29 is 18.6 Å². The molecule has 10 heteroatoms. The van der Waals surface area contributed by atoms with Crippen LogP contribution >= 0.6 is 11.6 Å². The number of hydrogen-bond acceptors (Lipinski definition) is 8. The molecule has 8 nitrogen and oxygen atoms in total. The Kier molecular flexibility index (Phi) is 8.36. The van der Waals surface area contributed by atoms with Crippen LogP contribution in [-0.2, 0) is 0 Å². The van der Waals surface area contributed by atoms with Crippen LogP contribution in [-0.4, -0.2) is 63.4 Å². The highest BCUT2D eigenvalue weighted by Gasteiger charge is 2.22. The van der Waals surface area contributed by atoms with Gasteiger partial charge < -0.3 is 30.2 Å². The Labute approximate surface area is 203 Å². The molecule has 0 saturated carbocycles. The van der Waals surface area contributed by atoms with E-state index >= 15 is 0 Å². The molecule has 1 heterocycles. The summed E-state index contributed by atoms with van der Waals surface area (Å²) in [4.78, 5) is 11.1. The van der Waals surface area contributed by atoms with Gasteiger partial charge in [-0.25, -0.2) is 9.37 Å². The molecule has 3 rings (SSSR count). The highest BCUT2D eigenvalue weighted by atomic mass is 35.5. The summed E-state index contributed by atoms with van der Waals surface area (Å²) in [6.07, 6.45) is 0.878. The summed E-state index contributed by atoms with van der Waals surface area (Å²) in [5.74, 6) is 1.46. The van der Waals surface area contributed by atoms with Crippen LogP contribution in [0, 0.1) is 5.82 Å². The lowest BCUT2D eigenvalue weighted by atomic mass is 9.98. The molecule has 3 N–H and O–H groups in total. The van der Waals surface area contributed by atoms with Crippen LogP contribution in [0.2, 0.25) is 5.02 Å². The van der Waals surface area contributed by atoms with E-state index in [1.807, 2.05) is 14.1 Å². The van der Waals surface area contributed by atoms with Crippen LogP contribution in [0.1, 0.15) is 6.42 Å². The summed E-state index contributed by atoms with van der Waals surface area (Å²) >= 11 is 6.08. The Morgan fingerprint density at radius 2 is 1.68 bits per heavy atom. The topological polar surface area (TPSA) is 94.8 Å². The summed E-state index contributed by atoms with van der Waals surface area (Å²) in [6, 6.07) is 8.00. The number of benzene rings is 2. The summed E-state index contributed by atoms with van der Waals surface area (Å²) in [7, 11) is 8.65. The lowest BCUT2D eigenvalue weighted by Gasteiger charge is -2.19. The first-order chi connectivity index (χ1) is 16.3. The number of halogens is 2. The molecule has 0 aliphatic carbocycles. The standard InChI is InChI=1S/C24H29ClFN5O3/c1-31(2)10-6-9-28-23-20(15-12-18(32-3)22(34-5)19(13-15)33-4)21(29-24(27)30-23)14-7-8-17(26)16(25)11-14/h7-8,11-13H,6,9-10H2,1-5H3,(H3,27,28,29,30). The zero-order chi connectivity index (χ0) is 24.8. The smallest absolute Gasteiger partial charge is 0.222 e. The maximum Gasteiger partial charge on any atom is 0.222 e. The fraction of sp³-hybridized carbons (Fsp3) is 0.333. The maximum atomic E-state index is 13.9. The van der Waals surface area contributed by atoms with Crippen molar-refractivity contribution >= 4 is 23.4 Å². The van der Waals surface area contributed by atoms with Gasteiger partial charge in [0.05, 0.1) is 37.6 Å². The van der Waals surface area contributed by atoms with Gasteiger partial charge >= 0.3 is 0 Å². The molecule has 0 aliphatic heterocycles. The number of ether oxygens (including phenoxy) is 3. The minimum Gasteiger partial charge on any atom is -0.493 e. The highest BCUT2D eigenvalue weighted by Crippen LogP contribution is 2.45. The number of hydrogen-bond donors (Lipinski definition) is 2. The van der Waals surface area contributed by atoms with E-state index in [4.69, 9.17) is 31.5 Å². The van der Waals surface area contributed by atoms with E-state index in [9.17, 15) is 4.39 Å². The molecule has 1 aromatic heterocycles. The minimum absolute atomic E-state index is 0.0222. The Bertz CT molecular complexity index is 1130. The molecule has 0 radical (unpaired) electrons. The van der Waals surface area contributed by atoms with Gasteiger partial charge in [-0.15, -0.1) is 0 Å². The van der Waals surface area contributed by atoms with Crippen molar-refractivity contribution in [2.24, 2.45) is 0 Å². The monoisotopic (exact) mass is 489 g/mol. The molecule has 3 aromatic rings. The molecule has 0 fully saturated rings. The second-order valence-electron chi connectivity index (χ2n) is 7.78. The Morgan fingerprint density at radius 3 is 2.24 bits per heavy atom. The second-order valence-corrected chi connectivity index (χ2v) is 8.19. The number of rotatable bonds is 10. The number of nitrogens with zero attached hydrogens (tertiary/aromatic N) is 3. The van der Waals surface area contributed by atoms with Gasteiger partial charge in [0.1, 0.15) is 11.6 Å². The quantitative estimate of drug-likeness (QED) is 0.400. The third kappa shape index (κ3) is 5.60. The molecule has 0 saturated heterocycles. The molecule has 0 spiro atoms. The normalized spacial score (nSPS) is 10.9. The van der Waals surface area contributed by atoms with Crippen LogP contribution in [0.3, 0.4) is 0 Å². The number of nitrogens with two attached hydrogens (primary N) is 1. The number of aromatic nitrogens is 2. The third-order valence-corrected chi connectivity index (χ3v) is 5.44. The van der Waals surface area contributed by atoms with E-state index < -0.39 is 5.82 Å². The van der Waals surface area contributed by atoms with Gasteiger partial charge in [0.2, 0.25) is 11.7 Å². The number of anilines is 2. The van der Waals surface area contributed by atoms with Crippen molar-refractivity contribution in [2.45, 2.75) is 6.42 Å². The van der Waals surface area contributed by atoms with Gasteiger partial charge in [0.25, 0.3) is 0 Å². The lowest BCUT2D eigenvalue weighted by Crippen LogP contribution is -2.17. The molecule has 182 valence electrons. The molecule has 2 aromatic carbocycles. The van der Waals surface area contributed by atoms with Crippen molar-refractivity contribution in [3.8, 4) is 39.6 Å². The van der Waals surface area contributed by atoms with E-state index in [2.05, 4.69) is 20.2 Å². The summed E-state index contributed by atoms with van der Waals surface area (Å²) in [5.41, 5.74) is 8.48. The van der Waals surface area contributed by atoms with E-state index in [1.54, 1.807) is 32.4 Å². The van der Waals surface area contributed by atoms with Gasteiger partial charge in [0, 0.05) is 12.1 Å². The number of nitrogen functional groups attached to an aromatic ring is 1. The Hall–Kier alpha value is -3.30.